The van der Waals surface area contributed by atoms with Gasteiger partial charge in [-0.25, -0.2) is 0 Å². The highest BCUT2D eigenvalue weighted by Gasteiger charge is 2.35. The molecule has 1 aliphatic rings. The van der Waals surface area contributed by atoms with E-state index in [2.05, 4.69) is 20.4 Å². The van der Waals surface area contributed by atoms with Gasteiger partial charge in [-0.1, -0.05) is 19.9 Å². The highest BCUT2D eigenvalue weighted by molar-refractivity contribution is 4.91. The highest BCUT2D eigenvalue weighted by atomic mass is 16.3. The van der Waals surface area contributed by atoms with Crippen LogP contribution in [0.3, 0.4) is 0 Å². The zero-order chi connectivity index (χ0) is 10.8. The summed E-state index contributed by atoms with van der Waals surface area (Å²) in [7, 11) is 0. The van der Waals surface area contributed by atoms with E-state index in [4.69, 9.17) is 0 Å². The van der Waals surface area contributed by atoms with E-state index in [1.807, 2.05) is 13.0 Å². The third-order valence-electron chi connectivity index (χ3n) is 3.84. The first kappa shape index (κ1) is 11.8. The van der Waals surface area contributed by atoms with Crippen LogP contribution in [0.2, 0.25) is 0 Å². The Hall–Kier alpha value is -0.300. The van der Waals surface area contributed by atoms with Gasteiger partial charge in [0.15, 0.2) is 0 Å². The molecule has 1 nitrogen and oxygen atoms in total. The molecule has 0 radical (unpaired) electrons. The van der Waals surface area contributed by atoms with Gasteiger partial charge in [0, 0.05) is 0 Å². The van der Waals surface area contributed by atoms with Crippen LogP contribution < -0.4 is 0 Å². The largest absolute Gasteiger partial charge is 0.390 e. The van der Waals surface area contributed by atoms with Gasteiger partial charge >= 0.3 is 0 Å². The molecule has 0 aromatic carbocycles. The molecule has 0 bridgehead atoms. The monoisotopic (exact) mass is 196 g/mol. The maximum atomic E-state index is 9.87. The quantitative estimate of drug-likeness (QED) is 0.685. The van der Waals surface area contributed by atoms with E-state index in [1.165, 1.54) is 0 Å². The Morgan fingerprint density at radius 2 is 1.93 bits per heavy atom. The van der Waals surface area contributed by atoms with E-state index >= 15 is 0 Å². The number of aliphatic hydroxyl groups is 1. The van der Waals surface area contributed by atoms with Gasteiger partial charge in [-0.2, -0.15) is 0 Å². The van der Waals surface area contributed by atoms with Crippen LogP contribution in [0.4, 0.5) is 0 Å². The molecule has 1 saturated carbocycles. The zero-order valence-corrected chi connectivity index (χ0v) is 9.84. The molecular weight excluding hydrogens is 172 g/mol. The predicted octanol–water partition coefficient (Wildman–Crippen LogP) is 3.53. The fourth-order valence-corrected chi connectivity index (χ4v) is 2.56. The zero-order valence-electron chi connectivity index (χ0n) is 9.84. The minimum absolute atomic E-state index is 0.359. The summed E-state index contributed by atoms with van der Waals surface area (Å²) in [6, 6.07) is 0. The third kappa shape index (κ3) is 2.84. The van der Waals surface area contributed by atoms with Gasteiger partial charge in [0.05, 0.1) is 5.60 Å². The Balaban J connectivity index is 2.52. The Morgan fingerprint density at radius 3 is 2.36 bits per heavy atom. The van der Waals surface area contributed by atoms with Crippen molar-refractivity contribution < 1.29 is 5.11 Å². The molecule has 0 aromatic rings. The molecule has 0 saturated heterocycles. The molecule has 0 atom stereocenters. The van der Waals surface area contributed by atoms with Crippen molar-refractivity contribution in [2.75, 3.05) is 0 Å². The van der Waals surface area contributed by atoms with Crippen molar-refractivity contribution in [3.05, 3.63) is 12.7 Å². The van der Waals surface area contributed by atoms with E-state index in [-0.39, 0.29) is 0 Å². The lowest BCUT2D eigenvalue weighted by Gasteiger charge is -2.41. The average molecular weight is 196 g/mol. The second kappa shape index (κ2) is 4.06. The van der Waals surface area contributed by atoms with Crippen molar-refractivity contribution in [2.45, 2.75) is 58.5 Å². The number of hydrogen-bond donors (Lipinski definition) is 1. The molecular formula is C13H24O. The van der Waals surface area contributed by atoms with Crippen LogP contribution in [-0.4, -0.2) is 10.7 Å². The third-order valence-corrected chi connectivity index (χ3v) is 3.84. The van der Waals surface area contributed by atoms with Crippen molar-refractivity contribution in [3.8, 4) is 0 Å². The molecule has 1 aliphatic carbocycles. The maximum absolute atomic E-state index is 9.87. The van der Waals surface area contributed by atoms with E-state index in [9.17, 15) is 5.11 Å². The second-order valence-electron chi connectivity index (χ2n) is 5.75. The summed E-state index contributed by atoms with van der Waals surface area (Å²) < 4.78 is 0. The van der Waals surface area contributed by atoms with Gasteiger partial charge in [0.2, 0.25) is 0 Å². The van der Waals surface area contributed by atoms with E-state index in [1.54, 1.807) is 0 Å². The van der Waals surface area contributed by atoms with Crippen LogP contribution in [0.5, 0.6) is 0 Å². The fraction of sp³-hybridized carbons (Fsp3) is 0.846. The van der Waals surface area contributed by atoms with Crippen molar-refractivity contribution in [1.29, 1.82) is 0 Å². The van der Waals surface area contributed by atoms with Crippen LogP contribution in [0.1, 0.15) is 52.9 Å². The molecule has 82 valence electrons. The van der Waals surface area contributed by atoms with Crippen molar-refractivity contribution >= 4 is 0 Å². The first-order valence-corrected chi connectivity index (χ1v) is 5.71. The second-order valence-corrected chi connectivity index (χ2v) is 5.75. The Labute approximate surface area is 88.2 Å². The summed E-state index contributed by atoms with van der Waals surface area (Å²) in [6.07, 6.45) is 7.34. The molecule has 1 fully saturated rings. The molecule has 0 unspecified atom stereocenters. The number of rotatable bonds is 3. The first-order chi connectivity index (χ1) is 6.37. The van der Waals surface area contributed by atoms with Gasteiger partial charge in [-0.3, -0.25) is 0 Å². The minimum atomic E-state index is -0.402. The van der Waals surface area contributed by atoms with Crippen molar-refractivity contribution in [3.63, 3.8) is 0 Å². The molecule has 0 heterocycles. The Kier molecular flexibility index (Phi) is 3.41. The summed E-state index contributed by atoms with van der Waals surface area (Å²) in [6.45, 7) is 10.4. The van der Waals surface area contributed by atoms with Crippen LogP contribution in [0, 0.1) is 11.3 Å². The molecule has 1 heteroatoms. The smallest absolute Gasteiger partial charge is 0.0620 e. The Bertz CT molecular complexity index is 193. The lowest BCUT2D eigenvalue weighted by atomic mass is 9.66. The summed E-state index contributed by atoms with van der Waals surface area (Å²) in [5, 5.41) is 9.87. The topological polar surface area (TPSA) is 20.2 Å². The molecule has 0 amide bonds. The first-order valence-electron chi connectivity index (χ1n) is 5.71. The SMILES string of the molecule is C=CCC(C)(C)C1CCC(C)(O)CC1. The van der Waals surface area contributed by atoms with Crippen molar-refractivity contribution in [2.24, 2.45) is 11.3 Å². The van der Waals surface area contributed by atoms with E-state index in [0.717, 1.165) is 38.0 Å². The summed E-state index contributed by atoms with van der Waals surface area (Å²) in [5.41, 5.74) is -0.0426. The van der Waals surface area contributed by atoms with Crippen molar-refractivity contribution in [1.82, 2.24) is 0 Å². The normalized spacial score (nSPS) is 34.1. The number of hydrogen-bond acceptors (Lipinski definition) is 1. The predicted molar refractivity (Wildman–Crippen MR) is 61.2 cm³/mol. The Morgan fingerprint density at radius 1 is 1.43 bits per heavy atom. The lowest BCUT2D eigenvalue weighted by molar-refractivity contribution is -0.0122. The van der Waals surface area contributed by atoms with E-state index < -0.39 is 5.60 Å². The highest BCUT2D eigenvalue weighted by Crippen LogP contribution is 2.43. The molecule has 0 aromatic heterocycles. The molecule has 0 aliphatic heterocycles. The molecule has 14 heavy (non-hydrogen) atoms. The van der Waals surface area contributed by atoms with Gasteiger partial charge in [0.1, 0.15) is 0 Å². The average Bonchev–Trinajstić information content (AvgIpc) is 2.03. The standard InChI is InChI=1S/C13H24O/c1-5-8-12(2,3)11-6-9-13(4,14)10-7-11/h5,11,14H,1,6-10H2,2-4H3. The molecule has 0 spiro atoms. The van der Waals surface area contributed by atoms with Gasteiger partial charge in [-0.05, 0) is 50.4 Å². The fourth-order valence-electron chi connectivity index (χ4n) is 2.56. The van der Waals surface area contributed by atoms with Gasteiger partial charge < -0.3 is 5.11 Å². The molecule has 1 rings (SSSR count). The minimum Gasteiger partial charge on any atom is -0.390 e. The van der Waals surface area contributed by atoms with E-state index in [0.29, 0.717) is 5.41 Å². The maximum Gasteiger partial charge on any atom is 0.0620 e. The van der Waals surface area contributed by atoms with Gasteiger partial charge in [0.25, 0.3) is 0 Å². The van der Waals surface area contributed by atoms with Crippen LogP contribution >= 0.6 is 0 Å². The lowest BCUT2D eigenvalue weighted by Crippen LogP contribution is -2.35. The van der Waals surface area contributed by atoms with Gasteiger partial charge in [-0.15, -0.1) is 6.58 Å². The summed E-state index contributed by atoms with van der Waals surface area (Å²) >= 11 is 0. The van der Waals surface area contributed by atoms with Crippen LogP contribution in [0.15, 0.2) is 12.7 Å². The van der Waals surface area contributed by atoms with Crippen LogP contribution in [-0.2, 0) is 0 Å². The number of allylic oxidation sites excluding steroid dienone is 1. The van der Waals surface area contributed by atoms with Crippen LogP contribution in [0.25, 0.3) is 0 Å². The summed E-state index contributed by atoms with van der Waals surface area (Å²) in [5.74, 6) is 0.751. The molecule has 1 N–H and O–H groups in total. The summed E-state index contributed by atoms with van der Waals surface area (Å²) in [4.78, 5) is 0.